The van der Waals surface area contributed by atoms with Crippen LogP contribution in [-0.2, 0) is 120 Å². The van der Waals surface area contributed by atoms with E-state index in [1.54, 1.807) is 33.7 Å². The molecular formula is C112H141F3N12O14S2. The van der Waals surface area contributed by atoms with Crippen LogP contribution in [-0.4, -0.2) is 200 Å². The van der Waals surface area contributed by atoms with Gasteiger partial charge in [0.15, 0.2) is 0 Å². The zero-order chi connectivity index (χ0) is 103. The highest BCUT2D eigenvalue weighted by atomic mass is 33.1. The van der Waals surface area contributed by atoms with Crippen molar-refractivity contribution in [3.8, 4) is 0 Å². The summed E-state index contributed by atoms with van der Waals surface area (Å²) in [5, 5.41) is 99.6. The predicted molar refractivity (Wildman–Crippen MR) is 561 cm³/mol. The number of esters is 1. The van der Waals surface area contributed by atoms with Gasteiger partial charge in [0.1, 0.15) is 39.0 Å². The zero-order valence-corrected chi connectivity index (χ0v) is 84.4. The fraction of sp³-hybridized carbons (Fsp3) is 0.464. The Bertz CT molecular complexity index is 5590. The minimum absolute atomic E-state index is 0. The molecule has 0 saturated carbocycles. The second-order valence-corrected chi connectivity index (χ2v) is 41.3. The molecule has 9 aliphatic heterocycles. The average Bonchev–Trinajstić information content (AvgIpc) is 1.57. The first-order chi connectivity index (χ1) is 67.7. The lowest BCUT2D eigenvalue weighted by atomic mass is 9.96. The highest BCUT2D eigenvalue weighted by Gasteiger charge is 2.65. The van der Waals surface area contributed by atoms with Gasteiger partial charge in [0.05, 0.1) is 62.9 Å². The van der Waals surface area contributed by atoms with Crippen molar-refractivity contribution < 1.29 is 83.1 Å². The molecule has 8 aromatic carbocycles. The molecule has 26 nitrogen and oxygen atoms in total. The number of amides is 2. The maximum Gasteiger partial charge on any atom is 0.442 e. The smallest absolute Gasteiger partial charge is 0.442 e. The monoisotopic (exact) mass is 2000 g/mol. The normalized spacial score (nSPS) is 22.1. The second kappa shape index (κ2) is 52.2. The maximum atomic E-state index is 13.0. The molecule has 13 atom stereocenters. The molecule has 2 amide bonds. The van der Waals surface area contributed by atoms with Gasteiger partial charge in [-0.3, -0.25) is 54.0 Å². The van der Waals surface area contributed by atoms with Gasteiger partial charge in [-0.15, -0.1) is 10.2 Å². The van der Waals surface area contributed by atoms with Crippen molar-refractivity contribution in [1.29, 1.82) is 0 Å². The number of aliphatic imine (C=N–C) groups is 6. The Labute approximate surface area is 846 Å². The molecule has 0 aliphatic carbocycles. The van der Waals surface area contributed by atoms with E-state index in [4.69, 9.17) is 10.3 Å². The largest absolute Gasteiger partial charge is 0.469 e. The van der Waals surface area contributed by atoms with Crippen LogP contribution in [0.5, 0.6) is 0 Å². The highest BCUT2D eigenvalue weighted by molar-refractivity contribution is 8.76. The summed E-state index contributed by atoms with van der Waals surface area (Å²) in [4.78, 5) is 72.3. The number of carbonyl (C=O) groups excluding carboxylic acids is 4. The van der Waals surface area contributed by atoms with Gasteiger partial charge in [0.2, 0.25) is 5.66 Å². The standard InChI is InChI=1S/C21H21F3N4O.C21H24N2O4.C15H19NO3.C14H19NOS2.C14H19NO.C13H18N2O2.C13H17NO2.CH4/c1-19(25-26-19)16-8-2-14(3-9-16)6-12-18(29)13-7-15-4-10-17(11-5-15)20(27-28-20)21(22,23)24;1-21(14-22-21)16-5-2-15(3-6-16)4-7-17(24)8-9-18(25)12-13-23-19(26)10-11-20(23)27;1-15(10-16-15)12-6-3-11(4-7-12)5-8-13(17)9-14(18)19-2;1-14(10-15-14)12-6-3-11(4-7-12)5-8-13(16)9-18-17-2;1-3-13(16)9-6-11-4-7-12(8-5-11)14(2)10-15-14;1-13(9-14-13)11-5-2-10(3-6-11)4-7-12(16)8-15-17;1-13(9-14-13)11-5-2-10(3-6-11)4-7-12(16)8-15;/h2-5,8-11,18,29H,6-7,12-13H2,1H3;2-3,5-6,10-11,14,17,24H,4,7-9,12-13H2,1H3;3-4,6-7,10,13,17H,5,8-9H2,1-2H3;3-4,6-7,10,13,16H,5,8-9H2,1-2H3;4-5,7-8,10,13,16H,3,6,9H2,1-2H3;2-3,5-6,9,12,15-17H,4,7-8H2,1H3;2-3,5-6,9,12,15-16H,4,7-8H2,1H3;1H4. The van der Waals surface area contributed by atoms with Gasteiger partial charge in [-0.25, -0.2) is 5.48 Å². The Morgan fingerprint density at radius 2 is 0.664 bits per heavy atom. The quantitative estimate of drug-likeness (QED) is 0.00733. The van der Waals surface area contributed by atoms with Gasteiger partial charge in [-0.2, -0.15) is 23.4 Å². The van der Waals surface area contributed by atoms with Crippen LogP contribution < -0.4 is 5.48 Å². The van der Waals surface area contributed by atoms with Crippen LogP contribution >= 0.6 is 21.6 Å². The number of nitrogens with zero attached hydrogens (tertiary/aromatic N) is 11. The van der Waals surface area contributed by atoms with Crippen LogP contribution in [0.3, 0.4) is 0 Å². The number of carbonyl (C=O) groups is 4. The summed E-state index contributed by atoms with van der Waals surface area (Å²) in [5.41, 5.74) is 16.4. The molecule has 13 unspecified atom stereocenters. The summed E-state index contributed by atoms with van der Waals surface area (Å²) in [6.45, 7) is 16.7. The molecule has 0 saturated heterocycles. The number of aryl methyl sites for hydroxylation is 8. The molecule has 0 spiro atoms. The number of hydroxylamine groups is 1. The van der Waals surface area contributed by atoms with Crippen LogP contribution in [0.15, 0.2) is 257 Å². The van der Waals surface area contributed by atoms with Crippen molar-refractivity contribution in [3.63, 3.8) is 0 Å². The maximum absolute atomic E-state index is 13.0. The first kappa shape index (κ1) is 114. The Balaban J connectivity index is 0.000000173. The molecular weight excluding hydrogens is 1860 g/mol. The van der Waals surface area contributed by atoms with Crippen LogP contribution in [0.4, 0.5) is 13.2 Å². The van der Waals surface area contributed by atoms with E-state index in [0.29, 0.717) is 51.4 Å². The van der Waals surface area contributed by atoms with E-state index in [1.807, 2.05) is 99.3 Å². The Kier molecular flexibility index (Phi) is 41.7. The van der Waals surface area contributed by atoms with Gasteiger partial charge in [-0.05, 0) is 248 Å². The number of aliphatic hydroxyl groups excluding tert-OH is 8. The first-order valence-corrected chi connectivity index (χ1v) is 51.5. The molecule has 0 aromatic heterocycles. The molecule has 0 fully saturated rings. The van der Waals surface area contributed by atoms with E-state index < -0.39 is 42.4 Å². The average molecular weight is 2000 g/mol. The van der Waals surface area contributed by atoms with E-state index in [-0.39, 0.29) is 127 Å². The first-order valence-electron chi connectivity index (χ1n) is 48.8. The zero-order valence-electron chi connectivity index (χ0n) is 82.7. The third-order valence-electron chi connectivity index (χ3n) is 26.7. The summed E-state index contributed by atoms with van der Waals surface area (Å²) >= 11 is 0. The number of ether oxygens (including phenoxy) is 1. The lowest BCUT2D eigenvalue weighted by molar-refractivity contribution is -0.166. The van der Waals surface area contributed by atoms with Crippen LogP contribution in [0.25, 0.3) is 0 Å². The number of imide groups is 1. The summed E-state index contributed by atoms with van der Waals surface area (Å²) < 4.78 is 43.6. The van der Waals surface area contributed by atoms with Crippen molar-refractivity contribution in [1.82, 2.24) is 10.4 Å². The summed E-state index contributed by atoms with van der Waals surface area (Å²) in [6, 6.07) is 64.4. The van der Waals surface area contributed by atoms with E-state index in [0.717, 1.165) is 103 Å². The minimum atomic E-state index is -4.51. The highest BCUT2D eigenvalue weighted by Crippen LogP contribution is 2.52. The molecule has 143 heavy (non-hydrogen) atoms. The van der Waals surface area contributed by atoms with Crippen molar-refractivity contribution in [3.05, 3.63) is 295 Å². The Morgan fingerprint density at radius 1 is 0.392 bits per heavy atom. The predicted octanol–water partition coefficient (Wildman–Crippen LogP) is 18.4. The summed E-state index contributed by atoms with van der Waals surface area (Å²) in [5.74, 6) is -0.363. The number of rotatable bonds is 47. The van der Waals surface area contributed by atoms with Crippen molar-refractivity contribution in [2.45, 2.75) is 291 Å². The molecule has 17 rings (SSSR count). The van der Waals surface area contributed by atoms with E-state index in [1.165, 1.54) is 87.0 Å². The molecule has 0 bridgehead atoms. The molecule has 9 heterocycles. The van der Waals surface area contributed by atoms with Gasteiger partial charge in [0, 0.05) is 92.3 Å². The number of nitrogens with one attached hydrogen (secondary N) is 1. The number of halogens is 3. The van der Waals surface area contributed by atoms with Crippen LogP contribution in [0.2, 0.25) is 0 Å². The van der Waals surface area contributed by atoms with E-state index in [2.05, 4.69) is 230 Å². The van der Waals surface area contributed by atoms with Crippen LogP contribution in [0.1, 0.15) is 235 Å². The number of benzene rings is 8. The molecule has 766 valence electrons. The molecule has 10 N–H and O–H groups in total. The van der Waals surface area contributed by atoms with E-state index >= 15 is 0 Å². The van der Waals surface area contributed by atoms with Gasteiger partial charge in [-0.1, -0.05) is 230 Å². The lowest BCUT2D eigenvalue weighted by Crippen LogP contribution is -2.32. The fourth-order valence-electron chi connectivity index (χ4n) is 15.5. The fourth-order valence-corrected chi connectivity index (χ4v) is 16.8. The van der Waals surface area contributed by atoms with Gasteiger partial charge >= 0.3 is 17.8 Å². The number of methoxy groups -OCH3 is 1. The Hall–Kier alpha value is -10.9. The SMILES string of the molecule is C.CC1(c2ccc(CCC(O)CCC(=O)CCN3C(=O)C=CC3=O)cc2)C=N1.CC1(c2ccc(CCC(O)CCc3ccc(C4(C(F)(F)F)N=N4)cc3)cc2)N=N1.CC1(c2ccc(CCC(O)CNO)cc2)C=N1.CC1(c2ccc(CCC(O)CO)cc2)C=N1.CCC(O)CCc1ccc(C2(C)C=N2)cc1.COC(=O)CC(O)CCc1ccc(C2(C)C=N2)cc1.CSSCC(O)CCc1ccc(C2(C)C=N2)cc1. The number of ketones is 1. The Morgan fingerprint density at radius 3 is 0.930 bits per heavy atom. The second-order valence-electron chi connectivity index (χ2n) is 38.7. The molecule has 8 aromatic rings. The summed E-state index contributed by atoms with van der Waals surface area (Å²) in [7, 11) is 4.75. The third kappa shape index (κ3) is 36.1. The van der Waals surface area contributed by atoms with Crippen molar-refractivity contribution in [2.24, 2.45) is 50.4 Å². The number of hydrogen-bond donors (Lipinski definition) is 10. The minimum Gasteiger partial charge on any atom is -0.469 e. The molecule has 31 heteroatoms. The molecule has 0 radical (unpaired) electrons. The van der Waals surface area contributed by atoms with Gasteiger partial charge < -0.3 is 50.8 Å². The van der Waals surface area contributed by atoms with Crippen molar-refractivity contribution in [2.75, 3.05) is 38.8 Å². The lowest BCUT2D eigenvalue weighted by Gasteiger charge is -2.15. The van der Waals surface area contributed by atoms with E-state index in [9.17, 15) is 68.1 Å². The number of hydrogen-bond acceptors (Lipinski definition) is 27. The molecule has 9 aliphatic rings. The van der Waals surface area contributed by atoms with Crippen molar-refractivity contribution >= 4 is 82.4 Å². The number of alkyl halides is 3. The third-order valence-corrected chi connectivity index (χ3v) is 28.6. The number of Topliss-reactive ketones (excluding diaryl/α,β-unsaturated/α-hetero) is 1. The topological polar surface area (TPSA) is 398 Å². The number of aliphatic hydroxyl groups is 8. The van der Waals surface area contributed by atoms with Gasteiger partial charge in [0.25, 0.3) is 11.8 Å². The summed E-state index contributed by atoms with van der Waals surface area (Å²) in [6.07, 6.45) is 21.7. The van der Waals surface area contributed by atoms with Crippen LogP contribution in [0, 0.1) is 0 Å².